The molecule has 8 nitrogen and oxygen atoms in total. The topological polar surface area (TPSA) is 102 Å². The highest BCUT2D eigenvalue weighted by Crippen LogP contribution is 2.15. The lowest BCUT2D eigenvalue weighted by molar-refractivity contribution is -0.889. The number of likely N-dealkylation sites (N-methyl/N-ethyl adjacent to an activating group) is 1. The average Bonchev–Trinajstić information content (AvgIpc) is 3.12. The highest BCUT2D eigenvalue weighted by molar-refractivity contribution is 5.70. The van der Waals surface area contributed by atoms with E-state index < -0.39 is 18.1 Å². The summed E-state index contributed by atoms with van der Waals surface area (Å²) in [6.07, 6.45) is 39.4. The molecule has 8 heteroatoms. The molecule has 0 spiro atoms. The van der Waals surface area contributed by atoms with Gasteiger partial charge in [-0.15, -0.1) is 0 Å². The summed E-state index contributed by atoms with van der Waals surface area (Å²) in [6.45, 7) is 4.67. The van der Waals surface area contributed by atoms with Crippen molar-refractivity contribution in [3.05, 3.63) is 12.2 Å². The van der Waals surface area contributed by atoms with E-state index in [1.165, 1.54) is 141 Å². The van der Waals surface area contributed by atoms with E-state index in [4.69, 9.17) is 14.2 Å². The van der Waals surface area contributed by atoms with Gasteiger partial charge in [-0.25, -0.2) is 0 Å². The van der Waals surface area contributed by atoms with Crippen molar-refractivity contribution in [3.63, 3.8) is 0 Å². The lowest BCUT2D eigenvalue weighted by atomic mass is 10.1. The van der Waals surface area contributed by atoms with Crippen LogP contribution in [0.5, 0.6) is 0 Å². The van der Waals surface area contributed by atoms with Crippen LogP contribution in [0.3, 0.4) is 0 Å². The zero-order valence-corrected chi connectivity index (χ0v) is 36.2. The Balaban J connectivity index is 4.26. The molecule has 0 aromatic carbocycles. The molecule has 0 saturated carbocycles. The summed E-state index contributed by atoms with van der Waals surface area (Å²) < 4.78 is 17.2. The molecule has 0 saturated heterocycles. The number of rotatable bonds is 41. The Bertz CT molecular complexity index is 900. The fourth-order valence-corrected chi connectivity index (χ4v) is 6.83. The first-order chi connectivity index (χ1) is 26.1. The molecule has 0 rings (SSSR count). The molecule has 0 aliphatic carbocycles. The molecule has 2 atom stereocenters. The average molecular weight is 766 g/mol. The van der Waals surface area contributed by atoms with Crippen LogP contribution in [0.2, 0.25) is 0 Å². The normalized spacial score (nSPS) is 13.0. The van der Waals surface area contributed by atoms with Crippen LogP contribution in [0.4, 0.5) is 0 Å². The second kappa shape index (κ2) is 38.0. The van der Waals surface area contributed by atoms with Gasteiger partial charge in [0.05, 0.1) is 40.3 Å². The van der Waals surface area contributed by atoms with Crippen molar-refractivity contribution in [2.24, 2.45) is 0 Å². The minimum absolute atomic E-state index is 0.0455. The molecule has 0 fully saturated rings. The summed E-state index contributed by atoms with van der Waals surface area (Å²) in [6, 6.07) is -0.721. The molecular formula is C46H87NO7. The van der Waals surface area contributed by atoms with Gasteiger partial charge in [-0.1, -0.05) is 167 Å². The fraction of sp³-hybridized carbons (Fsp3) is 0.891. The predicted molar refractivity (Wildman–Crippen MR) is 222 cm³/mol. The molecular weight excluding hydrogens is 679 g/mol. The maximum atomic E-state index is 12.7. The van der Waals surface area contributed by atoms with Gasteiger partial charge >= 0.3 is 11.9 Å². The van der Waals surface area contributed by atoms with Crippen LogP contribution in [0, 0.1) is 0 Å². The maximum absolute atomic E-state index is 12.7. The molecule has 0 aromatic heterocycles. The number of carboxylic acid groups (broad SMARTS) is 1. The van der Waals surface area contributed by atoms with Crippen LogP contribution in [0.1, 0.15) is 213 Å². The van der Waals surface area contributed by atoms with Crippen molar-refractivity contribution in [3.8, 4) is 0 Å². The van der Waals surface area contributed by atoms with E-state index in [9.17, 15) is 19.5 Å². The van der Waals surface area contributed by atoms with E-state index in [1.54, 1.807) is 21.1 Å². The second-order valence-electron chi connectivity index (χ2n) is 16.6. The van der Waals surface area contributed by atoms with E-state index in [0.29, 0.717) is 12.8 Å². The summed E-state index contributed by atoms with van der Waals surface area (Å²) in [7, 11) is 5.41. The van der Waals surface area contributed by atoms with Crippen LogP contribution in [0.15, 0.2) is 12.2 Å². The van der Waals surface area contributed by atoms with Gasteiger partial charge in [0.2, 0.25) is 0 Å². The van der Waals surface area contributed by atoms with Crippen LogP contribution >= 0.6 is 0 Å². The molecule has 318 valence electrons. The number of allylic oxidation sites excluding steroid dienone is 2. The fourth-order valence-electron chi connectivity index (χ4n) is 6.83. The van der Waals surface area contributed by atoms with Gasteiger partial charge in [-0.05, 0) is 38.5 Å². The summed E-state index contributed by atoms with van der Waals surface area (Å²) in [5.41, 5.74) is 0. The lowest BCUT2D eigenvalue weighted by Gasteiger charge is -2.34. The molecule has 0 N–H and O–H groups in total. The summed E-state index contributed by atoms with van der Waals surface area (Å²) in [5, 5.41) is 11.6. The molecule has 0 aliphatic heterocycles. The van der Waals surface area contributed by atoms with E-state index in [2.05, 4.69) is 26.0 Å². The minimum atomic E-state index is -1.12. The van der Waals surface area contributed by atoms with Gasteiger partial charge in [-0.3, -0.25) is 9.59 Å². The Kier molecular flexibility index (Phi) is 36.6. The van der Waals surface area contributed by atoms with Gasteiger partial charge in [0.25, 0.3) is 0 Å². The quantitative estimate of drug-likeness (QED) is 0.0264. The Labute approximate surface area is 333 Å². The van der Waals surface area contributed by atoms with Crippen LogP contribution in [0.25, 0.3) is 0 Å². The third kappa shape index (κ3) is 35.8. The molecule has 0 radical (unpaired) electrons. The first kappa shape index (κ1) is 52.1. The number of ether oxygens (including phenoxy) is 3. The molecule has 54 heavy (non-hydrogen) atoms. The first-order valence-electron chi connectivity index (χ1n) is 22.7. The molecule has 0 aliphatic rings. The maximum Gasteiger partial charge on any atom is 0.306 e. The number of aliphatic carboxylic acids is 1. The van der Waals surface area contributed by atoms with E-state index in [-0.39, 0.29) is 42.7 Å². The second-order valence-corrected chi connectivity index (χ2v) is 16.6. The van der Waals surface area contributed by atoms with Crippen molar-refractivity contribution >= 4 is 17.9 Å². The van der Waals surface area contributed by atoms with Crippen molar-refractivity contribution in [2.75, 3.05) is 41.0 Å². The van der Waals surface area contributed by atoms with Crippen LogP contribution in [-0.2, 0) is 28.6 Å². The Morgan fingerprint density at radius 3 is 1.33 bits per heavy atom. The largest absolute Gasteiger partial charge is 0.544 e. The number of hydrogen-bond donors (Lipinski definition) is 0. The molecule has 0 heterocycles. The summed E-state index contributed by atoms with van der Waals surface area (Å²) in [5.74, 6) is -1.72. The van der Waals surface area contributed by atoms with Crippen molar-refractivity contribution in [1.82, 2.24) is 0 Å². The van der Waals surface area contributed by atoms with Crippen molar-refractivity contribution < 1.29 is 38.2 Å². The number of carboxylic acids is 1. The molecule has 0 aromatic rings. The van der Waals surface area contributed by atoms with Crippen LogP contribution in [-0.4, -0.2) is 75.5 Å². The number of unbranched alkanes of at least 4 members (excludes halogenated alkanes) is 25. The summed E-state index contributed by atoms with van der Waals surface area (Å²) in [4.78, 5) is 36.8. The third-order valence-corrected chi connectivity index (χ3v) is 10.4. The highest BCUT2D eigenvalue weighted by Gasteiger charge is 2.25. The lowest BCUT2D eigenvalue weighted by Crippen LogP contribution is -2.55. The number of nitrogens with zero attached hydrogens (tertiary/aromatic N) is 1. The molecule has 0 bridgehead atoms. The first-order valence-corrected chi connectivity index (χ1v) is 22.7. The Hall–Kier alpha value is -1.93. The highest BCUT2D eigenvalue weighted by atomic mass is 16.6. The van der Waals surface area contributed by atoms with Crippen LogP contribution < -0.4 is 5.11 Å². The monoisotopic (exact) mass is 766 g/mol. The van der Waals surface area contributed by atoms with Gasteiger partial charge in [0.1, 0.15) is 12.6 Å². The number of carbonyl (C=O) groups is 3. The van der Waals surface area contributed by atoms with E-state index >= 15 is 0 Å². The zero-order chi connectivity index (χ0) is 40.0. The summed E-state index contributed by atoms with van der Waals surface area (Å²) >= 11 is 0. The molecule has 2 unspecified atom stereocenters. The smallest absolute Gasteiger partial charge is 0.306 e. The molecule has 0 amide bonds. The standard InChI is InChI=1S/C46H87NO7/c1-6-8-10-12-14-16-18-19-20-21-22-23-24-25-27-29-31-33-35-37-45(49)54-42(40-52-39-38-43(46(50)51)47(3,4)5)41-53-44(48)36-34-32-30-28-26-17-15-13-11-9-7-2/h19-20,42-43H,6-18,21-41H2,1-5H3/b20-19-. The number of esters is 2. The number of hydrogen-bond acceptors (Lipinski definition) is 7. The Morgan fingerprint density at radius 1 is 0.537 bits per heavy atom. The van der Waals surface area contributed by atoms with E-state index in [0.717, 1.165) is 38.5 Å². The zero-order valence-electron chi connectivity index (χ0n) is 36.2. The van der Waals surface area contributed by atoms with Gasteiger partial charge in [0, 0.05) is 19.3 Å². The predicted octanol–water partition coefficient (Wildman–Crippen LogP) is 11.0. The van der Waals surface area contributed by atoms with Crippen molar-refractivity contribution in [2.45, 2.75) is 225 Å². The minimum Gasteiger partial charge on any atom is -0.544 e. The van der Waals surface area contributed by atoms with E-state index in [1.807, 2.05) is 0 Å². The van der Waals surface area contributed by atoms with Gasteiger partial charge < -0.3 is 28.6 Å². The van der Waals surface area contributed by atoms with Gasteiger partial charge in [-0.2, -0.15) is 0 Å². The third-order valence-electron chi connectivity index (χ3n) is 10.4. The SMILES string of the molecule is CCCCCCCC/C=C\CCCCCCCCCCCC(=O)OC(COCCC(C(=O)[O-])[N+](C)(C)C)COC(=O)CCCCCCCCCCCCC. The number of quaternary nitrogens is 1. The van der Waals surface area contributed by atoms with Crippen molar-refractivity contribution in [1.29, 1.82) is 0 Å². The number of carbonyl (C=O) groups excluding carboxylic acids is 3. The van der Waals surface area contributed by atoms with Gasteiger partial charge in [0.15, 0.2) is 6.10 Å². The Morgan fingerprint density at radius 2 is 0.926 bits per heavy atom.